The molecule has 1 heterocycles. The minimum Gasteiger partial charge on any atom is -0.325 e. The number of benzene rings is 1. The second-order valence-corrected chi connectivity index (χ2v) is 7.33. The zero-order valence-corrected chi connectivity index (χ0v) is 13.9. The number of nitrogens with one attached hydrogen (secondary N) is 1. The zero-order chi connectivity index (χ0) is 16.9. The number of tetrazole rings is 1. The van der Waals surface area contributed by atoms with E-state index in [-0.39, 0.29) is 11.6 Å². The largest absolute Gasteiger partial charge is 0.325 e. The van der Waals surface area contributed by atoms with Gasteiger partial charge < -0.3 is 5.32 Å². The maximum Gasteiger partial charge on any atom is 0.239 e. The maximum absolute atomic E-state index is 12.1. The highest BCUT2D eigenvalue weighted by Gasteiger charge is 2.21. The molecule has 2 aromatic rings. The first-order valence-electron chi connectivity index (χ1n) is 7.21. The Morgan fingerprint density at radius 3 is 2.61 bits per heavy atom. The van der Waals surface area contributed by atoms with Crippen LogP contribution in [-0.2, 0) is 26.9 Å². The molecule has 0 atom stereocenters. The Bertz CT molecular complexity index is 768. The molecule has 0 aliphatic carbocycles. The second kappa shape index (κ2) is 7.32. The monoisotopic (exact) mass is 337 g/mol. The van der Waals surface area contributed by atoms with Gasteiger partial charge in [0, 0.05) is 12.2 Å². The third-order valence-corrected chi connectivity index (χ3v) is 4.48. The van der Waals surface area contributed by atoms with Gasteiger partial charge in [0.1, 0.15) is 11.5 Å². The normalized spacial score (nSPS) is 11.4. The molecule has 0 saturated heterocycles. The molecule has 9 heteroatoms. The van der Waals surface area contributed by atoms with Crippen LogP contribution in [-0.4, -0.2) is 40.3 Å². The van der Waals surface area contributed by atoms with Gasteiger partial charge in [0.2, 0.25) is 5.91 Å². The fourth-order valence-corrected chi connectivity index (χ4v) is 3.17. The van der Waals surface area contributed by atoms with Gasteiger partial charge in [-0.1, -0.05) is 24.6 Å². The lowest BCUT2D eigenvalue weighted by Gasteiger charge is -2.07. The molecule has 0 radical (unpaired) electrons. The summed E-state index contributed by atoms with van der Waals surface area (Å²) in [4.78, 5) is 11.9. The van der Waals surface area contributed by atoms with Crippen molar-refractivity contribution < 1.29 is 13.2 Å². The molecule has 1 amide bonds. The topological polar surface area (TPSA) is 107 Å². The Kier molecular flexibility index (Phi) is 5.43. The van der Waals surface area contributed by atoms with Crippen LogP contribution >= 0.6 is 0 Å². The second-order valence-electron chi connectivity index (χ2n) is 5.26. The van der Waals surface area contributed by atoms with Crippen LogP contribution in [0.1, 0.15) is 24.7 Å². The number of rotatable bonds is 7. The van der Waals surface area contributed by atoms with Gasteiger partial charge in [-0.3, -0.25) is 4.79 Å². The number of nitrogens with zero attached hydrogens (tertiary/aromatic N) is 4. The van der Waals surface area contributed by atoms with Crippen molar-refractivity contribution in [1.29, 1.82) is 0 Å². The molecule has 1 N–H and O–H groups in total. The van der Waals surface area contributed by atoms with E-state index >= 15 is 0 Å². The van der Waals surface area contributed by atoms with E-state index in [0.29, 0.717) is 12.2 Å². The molecule has 8 nitrogen and oxygen atoms in total. The van der Waals surface area contributed by atoms with E-state index < -0.39 is 21.5 Å². The molecular weight excluding hydrogens is 318 g/mol. The van der Waals surface area contributed by atoms with E-state index in [9.17, 15) is 13.2 Å². The molecule has 1 aromatic heterocycles. The first-order chi connectivity index (χ1) is 10.9. The van der Waals surface area contributed by atoms with Crippen molar-refractivity contribution in [2.75, 3.05) is 11.1 Å². The van der Waals surface area contributed by atoms with Gasteiger partial charge in [0.15, 0.2) is 15.7 Å². The summed E-state index contributed by atoms with van der Waals surface area (Å²) in [5.41, 5.74) is 1.62. The predicted octanol–water partition coefficient (Wildman–Crippen LogP) is 0.945. The van der Waals surface area contributed by atoms with Crippen molar-refractivity contribution in [3.8, 4) is 0 Å². The molecule has 2 rings (SSSR count). The van der Waals surface area contributed by atoms with Gasteiger partial charge in [0.05, 0.1) is 0 Å². The Balaban J connectivity index is 1.98. The lowest BCUT2D eigenvalue weighted by Crippen LogP contribution is -2.25. The molecule has 23 heavy (non-hydrogen) atoms. The lowest BCUT2D eigenvalue weighted by atomic mass is 10.2. The van der Waals surface area contributed by atoms with E-state index in [1.807, 2.05) is 26.0 Å². The van der Waals surface area contributed by atoms with Gasteiger partial charge in [-0.25, -0.2) is 13.1 Å². The molecule has 0 bridgehead atoms. The number of amides is 1. The fourth-order valence-electron chi connectivity index (χ4n) is 1.99. The van der Waals surface area contributed by atoms with Gasteiger partial charge >= 0.3 is 0 Å². The van der Waals surface area contributed by atoms with E-state index in [4.69, 9.17) is 0 Å². The number of hydrogen-bond donors (Lipinski definition) is 1. The summed E-state index contributed by atoms with van der Waals surface area (Å²) in [7, 11) is -3.65. The summed E-state index contributed by atoms with van der Waals surface area (Å²) < 4.78 is 25.7. The van der Waals surface area contributed by atoms with Crippen molar-refractivity contribution >= 4 is 21.4 Å². The SMILES string of the molecule is CCCn1nnnc1CS(=O)(=O)CC(=O)Nc1ccc(C)cc1. The van der Waals surface area contributed by atoms with E-state index in [1.165, 1.54) is 4.68 Å². The summed E-state index contributed by atoms with van der Waals surface area (Å²) in [6.45, 7) is 4.40. The molecule has 0 unspecified atom stereocenters. The van der Waals surface area contributed by atoms with E-state index in [2.05, 4.69) is 20.8 Å². The van der Waals surface area contributed by atoms with Crippen molar-refractivity contribution in [3.63, 3.8) is 0 Å². The highest BCUT2D eigenvalue weighted by Crippen LogP contribution is 2.09. The standard InChI is InChI=1S/C14H19N5O3S/c1-3-8-19-13(16-17-18-19)9-23(21,22)10-14(20)15-12-6-4-11(2)5-7-12/h4-7H,3,8-10H2,1-2H3,(H,15,20). The highest BCUT2D eigenvalue weighted by molar-refractivity contribution is 7.91. The van der Waals surface area contributed by atoms with Crippen molar-refractivity contribution in [2.24, 2.45) is 0 Å². The Labute approximate surface area is 134 Å². The first-order valence-corrected chi connectivity index (χ1v) is 9.04. The van der Waals surface area contributed by atoms with E-state index in [1.54, 1.807) is 12.1 Å². The van der Waals surface area contributed by atoms with Crippen LogP contribution in [0, 0.1) is 6.92 Å². The zero-order valence-electron chi connectivity index (χ0n) is 13.1. The number of sulfone groups is 1. The van der Waals surface area contributed by atoms with Crippen molar-refractivity contribution in [1.82, 2.24) is 20.2 Å². The number of carbonyl (C=O) groups excluding carboxylic acids is 1. The van der Waals surface area contributed by atoms with E-state index in [0.717, 1.165) is 12.0 Å². The van der Waals surface area contributed by atoms with Gasteiger partial charge in [-0.2, -0.15) is 0 Å². The number of anilines is 1. The van der Waals surface area contributed by atoms with Crippen LogP contribution in [0.25, 0.3) is 0 Å². The quantitative estimate of drug-likeness (QED) is 0.806. The molecule has 0 aliphatic heterocycles. The van der Waals surface area contributed by atoms with Gasteiger partial charge in [-0.15, -0.1) is 5.10 Å². The molecule has 0 saturated carbocycles. The minimum atomic E-state index is -3.65. The van der Waals surface area contributed by atoms with Crippen LogP contribution in [0.15, 0.2) is 24.3 Å². The van der Waals surface area contributed by atoms with Gasteiger partial charge in [0.25, 0.3) is 0 Å². The Morgan fingerprint density at radius 1 is 1.26 bits per heavy atom. The number of hydrogen-bond acceptors (Lipinski definition) is 6. The summed E-state index contributed by atoms with van der Waals surface area (Å²) in [5.74, 6) is -1.31. The molecule has 1 aromatic carbocycles. The smallest absolute Gasteiger partial charge is 0.239 e. The third-order valence-electron chi connectivity index (χ3n) is 3.08. The third kappa shape index (κ3) is 5.13. The van der Waals surface area contributed by atoms with Crippen molar-refractivity contribution in [3.05, 3.63) is 35.7 Å². The molecule has 124 valence electrons. The summed E-state index contributed by atoms with van der Waals surface area (Å²) in [5, 5.41) is 13.5. The minimum absolute atomic E-state index is 0.245. The van der Waals surface area contributed by atoms with Crippen molar-refractivity contribution in [2.45, 2.75) is 32.6 Å². The number of carbonyl (C=O) groups is 1. The van der Waals surface area contributed by atoms with Crippen LogP contribution in [0.2, 0.25) is 0 Å². The van der Waals surface area contributed by atoms with Crippen LogP contribution in [0.5, 0.6) is 0 Å². The Hall–Kier alpha value is -2.29. The fraction of sp³-hybridized carbons (Fsp3) is 0.429. The predicted molar refractivity (Wildman–Crippen MR) is 85.4 cm³/mol. The molecular formula is C14H19N5O3S. The lowest BCUT2D eigenvalue weighted by molar-refractivity contribution is -0.113. The molecule has 0 aliphatic rings. The van der Waals surface area contributed by atoms with Crippen LogP contribution < -0.4 is 5.32 Å². The summed E-state index contributed by atoms with van der Waals surface area (Å²) in [6.07, 6.45) is 0.784. The summed E-state index contributed by atoms with van der Waals surface area (Å²) in [6, 6.07) is 7.12. The van der Waals surface area contributed by atoms with Crippen LogP contribution in [0.3, 0.4) is 0 Å². The van der Waals surface area contributed by atoms with Gasteiger partial charge in [-0.05, 0) is 35.9 Å². The molecule has 0 spiro atoms. The maximum atomic E-state index is 12.1. The molecule has 0 fully saturated rings. The Morgan fingerprint density at radius 2 is 1.96 bits per heavy atom. The number of aromatic nitrogens is 4. The summed E-state index contributed by atoms with van der Waals surface area (Å²) >= 11 is 0. The average molecular weight is 337 g/mol. The first kappa shape index (κ1) is 17.1. The highest BCUT2D eigenvalue weighted by atomic mass is 32.2. The average Bonchev–Trinajstić information content (AvgIpc) is 2.87. The van der Waals surface area contributed by atoms with Crippen LogP contribution in [0.4, 0.5) is 5.69 Å². The number of aryl methyl sites for hydroxylation is 2.